The van der Waals surface area contributed by atoms with Gasteiger partial charge in [-0.25, -0.2) is 14.5 Å². The number of halogens is 1. The van der Waals surface area contributed by atoms with E-state index in [-0.39, 0.29) is 0 Å². The zero-order valence-electron chi connectivity index (χ0n) is 31.0. The Labute approximate surface area is 339 Å². The van der Waals surface area contributed by atoms with Gasteiger partial charge in [0.05, 0.1) is 22.8 Å². The van der Waals surface area contributed by atoms with Gasteiger partial charge >= 0.3 is 0 Å². The summed E-state index contributed by atoms with van der Waals surface area (Å²) in [6, 6.07) is 53.5. The van der Waals surface area contributed by atoms with Crippen molar-refractivity contribution in [3.05, 3.63) is 198 Å². The van der Waals surface area contributed by atoms with E-state index in [1.165, 1.54) is 11.1 Å². The minimum atomic E-state index is 0.787. The van der Waals surface area contributed by atoms with Gasteiger partial charge in [-0.3, -0.25) is 0 Å². The predicted molar refractivity (Wildman–Crippen MR) is 239 cm³/mol. The van der Waals surface area contributed by atoms with Crippen molar-refractivity contribution in [1.29, 1.82) is 0 Å². The molecule has 0 saturated carbocycles. The molecule has 2 aliphatic heterocycles. The first-order chi connectivity index (χ1) is 28.2. The van der Waals surface area contributed by atoms with Crippen molar-refractivity contribution in [1.82, 2.24) is 19.9 Å². The van der Waals surface area contributed by atoms with Crippen LogP contribution >= 0.6 is 15.9 Å². The molecule has 5 nitrogen and oxygen atoms in total. The lowest BCUT2D eigenvalue weighted by atomic mass is 10.0. The Bertz CT molecular complexity index is 2840. The van der Waals surface area contributed by atoms with E-state index in [0.717, 1.165) is 101 Å². The molecule has 8 aromatic rings. The molecule has 0 saturated heterocycles. The molecule has 6 heteroatoms. The average Bonchev–Trinajstić information content (AvgIpc) is 4.11. The highest BCUT2D eigenvalue weighted by molar-refractivity contribution is 9.08. The lowest BCUT2D eigenvalue weighted by Crippen LogP contribution is -2.32. The van der Waals surface area contributed by atoms with Crippen LogP contribution in [-0.4, -0.2) is 19.9 Å². The first kappa shape index (κ1) is 34.6. The second-order valence-electron chi connectivity index (χ2n) is 14.3. The van der Waals surface area contributed by atoms with Crippen molar-refractivity contribution in [3.8, 4) is 44.5 Å². The first-order valence-electron chi connectivity index (χ1n) is 19.1. The third kappa shape index (κ3) is 6.75. The highest BCUT2D eigenvalue weighted by Crippen LogP contribution is 2.38. The number of aromatic amines is 2. The number of fused-ring (bicyclic) bond motifs is 8. The topological polar surface area (TPSA) is 61.2 Å². The van der Waals surface area contributed by atoms with E-state index in [1.807, 2.05) is 6.07 Å². The molecule has 0 fully saturated rings. The Morgan fingerprint density at radius 1 is 0.386 bits per heavy atom. The van der Waals surface area contributed by atoms with Crippen LogP contribution in [0, 0.1) is 0 Å². The highest BCUT2D eigenvalue weighted by Gasteiger charge is 2.19. The largest absolute Gasteiger partial charge is 0.354 e. The summed E-state index contributed by atoms with van der Waals surface area (Å²) in [4.78, 5) is 18.5. The van der Waals surface area contributed by atoms with Gasteiger partial charge in [0.2, 0.25) is 0 Å². The Hall–Kier alpha value is -6.89. The zero-order chi connectivity index (χ0) is 38.1. The van der Waals surface area contributed by atoms with E-state index in [2.05, 4.69) is 213 Å². The molecule has 2 aliphatic rings. The summed E-state index contributed by atoms with van der Waals surface area (Å²) in [7, 11) is 0. The average molecular weight is 800 g/mol. The number of nitrogens with one attached hydrogen (secondary N) is 2. The molecule has 272 valence electrons. The number of H-pyrrole nitrogens is 2. The van der Waals surface area contributed by atoms with E-state index in [1.54, 1.807) is 0 Å². The fourth-order valence-electron chi connectivity index (χ4n) is 7.91. The molecule has 10 rings (SSSR count). The highest BCUT2D eigenvalue weighted by atomic mass is 79.9. The molecule has 57 heavy (non-hydrogen) atoms. The molecule has 0 spiro atoms. The number of nitrogens with zero attached hydrogens (tertiary/aromatic N) is 3. The third-order valence-corrected chi connectivity index (χ3v) is 11.3. The van der Waals surface area contributed by atoms with Crippen LogP contribution in [0.1, 0.15) is 33.9 Å². The molecule has 2 N–H and O–H groups in total. The lowest BCUT2D eigenvalue weighted by molar-refractivity contribution is -0.688. The Morgan fingerprint density at radius 2 is 0.754 bits per heavy atom. The van der Waals surface area contributed by atoms with Crippen molar-refractivity contribution in [2.24, 2.45) is 0 Å². The summed E-state index contributed by atoms with van der Waals surface area (Å²) in [6.07, 6.45) is 12.9. The summed E-state index contributed by atoms with van der Waals surface area (Å²) in [5.41, 5.74) is 18.5. The van der Waals surface area contributed by atoms with E-state index in [4.69, 9.17) is 9.97 Å². The number of rotatable bonds is 7. The fourth-order valence-corrected chi connectivity index (χ4v) is 8.28. The summed E-state index contributed by atoms with van der Waals surface area (Å²) in [6.45, 7) is 0.787. The summed E-state index contributed by atoms with van der Waals surface area (Å²) in [5.74, 6) is 0. The van der Waals surface area contributed by atoms with Crippen LogP contribution in [0.15, 0.2) is 164 Å². The zero-order valence-corrected chi connectivity index (χ0v) is 32.6. The number of alkyl halides is 1. The van der Waals surface area contributed by atoms with Crippen LogP contribution in [-0.2, 0) is 11.9 Å². The van der Waals surface area contributed by atoms with Crippen LogP contribution < -0.4 is 4.57 Å². The fraction of sp³-hybridized carbons (Fsp3) is 0.0392. The van der Waals surface area contributed by atoms with E-state index < -0.39 is 0 Å². The number of benzene rings is 4. The van der Waals surface area contributed by atoms with Gasteiger partial charge in [0.15, 0.2) is 18.9 Å². The number of hydrogen-bond acceptors (Lipinski definition) is 2. The molecule has 0 atom stereocenters. The van der Waals surface area contributed by atoms with E-state index in [0.29, 0.717) is 0 Å². The molecule has 8 bridgehead atoms. The molecule has 4 aromatic heterocycles. The Morgan fingerprint density at radius 3 is 1.19 bits per heavy atom. The number of hydrogen-bond donors (Lipinski definition) is 2. The molecular formula is C51H37BrN5+. The molecule has 0 aliphatic carbocycles. The monoisotopic (exact) mass is 798 g/mol. The standard InChI is InChI=1S/C51H36BrN5/c52-32-34-16-18-35(19-17-34)33-57-30-28-39(29-31-57)51-46-26-24-44(55-46)49(37-12-6-2-7-13-37)42-22-20-40(53-42)48(36-10-4-1-5-11-36)41-21-23-43(54-41)50(38-14-8-3-9-15-38)45-25-27-47(51)56-45/h1-31H,32-33H2,(H,53,54,55,56)/p+1. The van der Waals surface area contributed by atoms with Crippen LogP contribution in [0.25, 0.3) is 90.9 Å². The quantitative estimate of drug-likeness (QED) is 0.125. The summed E-state index contributed by atoms with van der Waals surface area (Å²) in [5, 5.41) is 0.853. The van der Waals surface area contributed by atoms with Gasteiger partial charge in [-0.2, -0.15) is 0 Å². The molecular weight excluding hydrogens is 762 g/mol. The SMILES string of the molecule is BrCc1ccc(C[n+]2ccc(-c3c4ccc([nH]4)c(-c4ccccc4)c4nc(c(-c5ccccc5)c5nc(c(-c6ccccc6)c6ccc3[nH]6)C=C5)C=C4)cc2)cc1. The van der Waals surface area contributed by atoms with Gasteiger partial charge in [0.1, 0.15) is 0 Å². The Balaban J connectivity index is 1.27. The van der Waals surface area contributed by atoms with Crippen LogP contribution in [0.5, 0.6) is 0 Å². The first-order valence-corrected chi connectivity index (χ1v) is 20.3. The number of aromatic nitrogens is 5. The van der Waals surface area contributed by atoms with Crippen molar-refractivity contribution in [3.63, 3.8) is 0 Å². The second-order valence-corrected chi connectivity index (χ2v) is 14.9. The normalized spacial score (nSPS) is 11.9. The maximum absolute atomic E-state index is 5.38. The van der Waals surface area contributed by atoms with Crippen LogP contribution in [0.4, 0.5) is 0 Å². The van der Waals surface area contributed by atoms with Gasteiger partial charge in [-0.15, -0.1) is 0 Å². The van der Waals surface area contributed by atoms with Gasteiger partial charge in [-0.1, -0.05) is 131 Å². The molecule has 0 radical (unpaired) electrons. The third-order valence-electron chi connectivity index (χ3n) is 10.7. The van der Waals surface area contributed by atoms with Gasteiger partial charge in [-0.05, 0) is 76.4 Å². The van der Waals surface area contributed by atoms with Crippen molar-refractivity contribution >= 4 is 62.3 Å². The second kappa shape index (κ2) is 15.0. The predicted octanol–water partition coefficient (Wildman–Crippen LogP) is 12.6. The van der Waals surface area contributed by atoms with Crippen molar-refractivity contribution in [2.45, 2.75) is 11.9 Å². The Kier molecular flexibility index (Phi) is 9.09. The molecule has 0 unspecified atom stereocenters. The van der Waals surface area contributed by atoms with Crippen molar-refractivity contribution in [2.75, 3.05) is 0 Å². The smallest absolute Gasteiger partial charge is 0.173 e. The minimum absolute atomic E-state index is 0.787. The van der Waals surface area contributed by atoms with Crippen LogP contribution in [0.2, 0.25) is 0 Å². The summed E-state index contributed by atoms with van der Waals surface area (Å²) < 4.78 is 2.23. The summed E-state index contributed by atoms with van der Waals surface area (Å²) >= 11 is 3.56. The minimum Gasteiger partial charge on any atom is -0.354 e. The maximum Gasteiger partial charge on any atom is 0.173 e. The van der Waals surface area contributed by atoms with Gasteiger partial charge < -0.3 is 9.97 Å². The number of pyridine rings is 1. The molecule has 0 amide bonds. The lowest BCUT2D eigenvalue weighted by Gasteiger charge is -2.07. The maximum atomic E-state index is 5.38. The molecule has 6 heterocycles. The van der Waals surface area contributed by atoms with Gasteiger partial charge in [0.25, 0.3) is 0 Å². The van der Waals surface area contributed by atoms with Crippen molar-refractivity contribution < 1.29 is 4.57 Å². The van der Waals surface area contributed by atoms with E-state index >= 15 is 0 Å². The van der Waals surface area contributed by atoms with Gasteiger partial charge in [0, 0.05) is 67.3 Å². The molecule has 4 aromatic carbocycles. The van der Waals surface area contributed by atoms with Crippen LogP contribution in [0.3, 0.4) is 0 Å². The van der Waals surface area contributed by atoms with E-state index in [9.17, 15) is 0 Å².